The van der Waals surface area contributed by atoms with Crippen LogP contribution in [0.4, 0.5) is 17.1 Å². The molecule has 2 aliphatic carbocycles. The first kappa shape index (κ1) is 33.9. The molecule has 1 fully saturated rings. The third-order valence-corrected chi connectivity index (χ3v) is 13.3. The highest BCUT2D eigenvalue weighted by Crippen LogP contribution is 2.57. The van der Waals surface area contributed by atoms with Crippen LogP contribution in [0.25, 0.3) is 71.6 Å². The fourth-order valence-corrected chi connectivity index (χ4v) is 10.6. The lowest BCUT2D eigenvalue weighted by atomic mass is 9.76. The zero-order valence-corrected chi connectivity index (χ0v) is 32.9. The molecule has 2 aliphatic rings. The van der Waals surface area contributed by atoms with E-state index in [0.717, 1.165) is 22.7 Å². The summed E-state index contributed by atoms with van der Waals surface area (Å²) in [7, 11) is 0. The molecule has 12 rings (SSSR count). The topological polar surface area (TPSA) is 8.17 Å². The number of para-hydroxylation sites is 3. The second-order valence-corrected chi connectivity index (χ2v) is 16.4. The number of hydrogen-bond donors (Lipinski definition) is 0. The van der Waals surface area contributed by atoms with E-state index in [-0.39, 0.29) is 5.41 Å². The normalized spacial score (nSPS) is 14.0. The summed E-state index contributed by atoms with van der Waals surface area (Å²) in [5.74, 6) is 0. The van der Waals surface area contributed by atoms with Gasteiger partial charge in [0, 0.05) is 38.8 Å². The minimum absolute atomic E-state index is 0.145. The van der Waals surface area contributed by atoms with Gasteiger partial charge in [-0.3, -0.25) is 0 Å². The summed E-state index contributed by atoms with van der Waals surface area (Å²) < 4.78 is 2.41. The minimum Gasteiger partial charge on any atom is -0.310 e. The van der Waals surface area contributed by atoms with Crippen LogP contribution in [0, 0.1) is 0 Å². The van der Waals surface area contributed by atoms with Crippen molar-refractivity contribution in [1.82, 2.24) is 4.57 Å². The molecule has 2 nitrogen and oxygen atoms in total. The Morgan fingerprint density at radius 1 is 0.390 bits per heavy atom. The van der Waals surface area contributed by atoms with Crippen LogP contribution in [0.2, 0.25) is 0 Å². The first-order valence-corrected chi connectivity index (χ1v) is 21.1. The highest BCUT2D eigenvalue weighted by Gasteiger charge is 2.44. The van der Waals surface area contributed by atoms with Crippen LogP contribution < -0.4 is 4.90 Å². The van der Waals surface area contributed by atoms with E-state index >= 15 is 0 Å². The molecule has 1 spiro atoms. The van der Waals surface area contributed by atoms with Crippen molar-refractivity contribution in [2.24, 2.45) is 0 Å². The standard InChI is InChI=1S/C57H42N2/c1-2-16-44(17-3-1)59-55-23-11-8-20-50(55)51-33-31-46(38-56(51)59)58(54-22-10-7-18-47(54)43-25-24-39-14-4-5-15-41(39)36-43)45-29-26-40(27-30-45)42-28-32-49-48-19-6-9-21-52(48)57(53(49)37-42)34-12-13-35-57/h1-11,14-33,36-38H,12-13,34-35H2. The molecule has 0 radical (unpaired) electrons. The van der Waals surface area contributed by atoms with Crippen molar-refractivity contribution in [3.63, 3.8) is 0 Å². The molecule has 9 aromatic carbocycles. The van der Waals surface area contributed by atoms with E-state index in [4.69, 9.17) is 0 Å². The van der Waals surface area contributed by atoms with Crippen molar-refractivity contribution in [1.29, 1.82) is 0 Å². The molecule has 280 valence electrons. The fraction of sp³-hybridized carbons (Fsp3) is 0.0877. The molecule has 0 unspecified atom stereocenters. The molecule has 1 saturated carbocycles. The van der Waals surface area contributed by atoms with Crippen LogP contribution in [-0.4, -0.2) is 4.57 Å². The highest BCUT2D eigenvalue weighted by atomic mass is 15.1. The Kier molecular flexibility index (Phi) is 7.74. The maximum Gasteiger partial charge on any atom is 0.0561 e. The zero-order valence-electron chi connectivity index (χ0n) is 32.9. The second kappa shape index (κ2) is 13.5. The average Bonchev–Trinajstić information content (AvgIpc) is 4.01. The predicted molar refractivity (Wildman–Crippen MR) is 249 cm³/mol. The Labute approximate surface area is 345 Å². The van der Waals surface area contributed by atoms with Gasteiger partial charge in [0.2, 0.25) is 0 Å². The summed E-state index contributed by atoms with van der Waals surface area (Å²) in [5, 5.41) is 4.98. The number of benzene rings is 9. The van der Waals surface area contributed by atoms with Gasteiger partial charge in [0.25, 0.3) is 0 Å². The SMILES string of the molecule is c1ccc(-n2c3ccccc3c3ccc(N(c4ccc(-c5ccc6c(c5)C5(CCCC5)c5ccccc5-6)cc4)c4ccccc4-c4ccc5ccccc5c4)cc32)cc1. The lowest BCUT2D eigenvalue weighted by molar-refractivity contribution is 0.550. The Bertz CT molecular complexity index is 3220. The van der Waals surface area contributed by atoms with Crippen LogP contribution in [0.3, 0.4) is 0 Å². The second-order valence-electron chi connectivity index (χ2n) is 16.4. The summed E-state index contributed by atoms with van der Waals surface area (Å²) in [6.45, 7) is 0. The summed E-state index contributed by atoms with van der Waals surface area (Å²) >= 11 is 0. The van der Waals surface area contributed by atoms with Crippen LogP contribution in [0.15, 0.2) is 206 Å². The first-order chi connectivity index (χ1) is 29.2. The third kappa shape index (κ3) is 5.33. The number of rotatable bonds is 6. The van der Waals surface area contributed by atoms with Crippen LogP contribution in [0.1, 0.15) is 36.8 Å². The molecule has 0 bridgehead atoms. The molecule has 1 aromatic heterocycles. The predicted octanol–water partition coefficient (Wildman–Crippen LogP) is 15.6. The van der Waals surface area contributed by atoms with Crippen LogP contribution in [-0.2, 0) is 5.41 Å². The largest absolute Gasteiger partial charge is 0.310 e. The van der Waals surface area contributed by atoms with Gasteiger partial charge in [-0.15, -0.1) is 0 Å². The number of aromatic nitrogens is 1. The molecule has 0 aliphatic heterocycles. The minimum atomic E-state index is 0.145. The van der Waals surface area contributed by atoms with E-state index in [1.54, 1.807) is 0 Å². The van der Waals surface area contributed by atoms with Gasteiger partial charge in [0.15, 0.2) is 0 Å². The van der Waals surface area contributed by atoms with Gasteiger partial charge >= 0.3 is 0 Å². The summed E-state index contributed by atoms with van der Waals surface area (Å²) in [6, 6.07) is 76.5. The van der Waals surface area contributed by atoms with Crippen LogP contribution in [0.5, 0.6) is 0 Å². The monoisotopic (exact) mass is 754 g/mol. The van der Waals surface area contributed by atoms with E-state index in [2.05, 4.69) is 216 Å². The quantitative estimate of drug-likeness (QED) is 0.164. The van der Waals surface area contributed by atoms with Gasteiger partial charge in [-0.25, -0.2) is 0 Å². The number of fused-ring (bicyclic) bond motifs is 9. The van der Waals surface area contributed by atoms with Crippen molar-refractivity contribution in [2.45, 2.75) is 31.1 Å². The van der Waals surface area contributed by atoms with Crippen molar-refractivity contribution in [3.8, 4) is 39.1 Å². The average molecular weight is 755 g/mol. The molecule has 0 N–H and O–H groups in total. The fourth-order valence-electron chi connectivity index (χ4n) is 10.6. The van der Waals surface area contributed by atoms with Gasteiger partial charge in [-0.05, 0) is 123 Å². The van der Waals surface area contributed by atoms with Crippen molar-refractivity contribution in [3.05, 3.63) is 217 Å². The lowest BCUT2D eigenvalue weighted by Crippen LogP contribution is -2.20. The van der Waals surface area contributed by atoms with Crippen molar-refractivity contribution >= 4 is 49.6 Å². The Morgan fingerprint density at radius 2 is 1.03 bits per heavy atom. The van der Waals surface area contributed by atoms with Gasteiger partial charge in [-0.2, -0.15) is 0 Å². The Morgan fingerprint density at radius 3 is 1.90 bits per heavy atom. The maximum absolute atomic E-state index is 2.51. The Balaban J connectivity index is 1.03. The summed E-state index contributed by atoms with van der Waals surface area (Å²) in [5.41, 5.74) is 17.8. The zero-order chi connectivity index (χ0) is 38.9. The van der Waals surface area contributed by atoms with E-state index in [9.17, 15) is 0 Å². The molecule has 10 aromatic rings. The number of hydrogen-bond acceptors (Lipinski definition) is 1. The van der Waals surface area contributed by atoms with E-state index < -0.39 is 0 Å². The smallest absolute Gasteiger partial charge is 0.0561 e. The van der Waals surface area contributed by atoms with Gasteiger partial charge in [0.05, 0.1) is 16.7 Å². The van der Waals surface area contributed by atoms with E-state index in [1.807, 2.05) is 0 Å². The highest BCUT2D eigenvalue weighted by molar-refractivity contribution is 6.10. The number of anilines is 3. The van der Waals surface area contributed by atoms with Gasteiger partial charge in [0.1, 0.15) is 0 Å². The number of nitrogens with zero attached hydrogens (tertiary/aromatic N) is 2. The molecule has 0 amide bonds. The van der Waals surface area contributed by atoms with Crippen LogP contribution >= 0.6 is 0 Å². The lowest BCUT2D eigenvalue weighted by Gasteiger charge is -2.28. The molecular formula is C57H42N2. The van der Waals surface area contributed by atoms with Crippen molar-refractivity contribution < 1.29 is 0 Å². The van der Waals surface area contributed by atoms with Gasteiger partial charge in [-0.1, -0.05) is 158 Å². The molecular weight excluding hydrogens is 713 g/mol. The molecule has 1 heterocycles. The molecule has 0 saturated heterocycles. The molecule has 2 heteroatoms. The molecule has 0 atom stereocenters. The maximum atomic E-state index is 2.51. The summed E-state index contributed by atoms with van der Waals surface area (Å²) in [6.07, 6.45) is 5.05. The first-order valence-electron chi connectivity index (χ1n) is 21.1. The molecule has 59 heavy (non-hydrogen) atoms. The summed E-state index contributed by atoms with van der Waals surface area (Å²) in [4.78, 5) is 2.45. The van der Waals surface area contributed by atoms with E-state index in [1.165, 1.54) is 103 Å². The van der Waals surface area contributed by atoms with E-state index in [0.29, 0.717) is 0 Å². The van der Waals surface area contributed by atoms with Gasteiger partial charge < -0.3 is 9.47 Å². The third-order valence-electron chi connectivity index (χ3n) is 13.3. The Hall–Kier alpha value is -7.16. The van der Waals surface area contributed by atoms with Crippen molar-refractivity contribution in [2.75, 3.05) is 4.90 Å².